The lowest BCUT2D eigenvalue weighted by Crippen LogP contribution is -2.45. The molecule has 2 aromatic heterocycles. The fourth-order valence-corrected chi connectivity index (χ4v) is 3.82. The summed E-state index contributed by atoms with van der Waals surface area (Å²) >= 11 is 0. The number of hydrogen-bond donors (Lipinski definition) is 1. The van der Waals surface area contributed by atoms with Gasteiger partial charge in [0.15, 0.2) is 5.76 Å². The first-order valence-electron chi connectivity index (χ1n) is 9.54. The Bertz CT molecular complexity index is 799. The van der Waals surface area contributed by atoms with Crippen molar-refractivity contribution < 1.29 is 14.0 Å². The van der Waals surface area contributed by atoms with Crippen LogP contribution in [0.1, 0.15) is 41.8 Å². The second-order valence-electron chi connectivity index (χ2n) is 7.07. The van der Waals surface area contributed by atoms with E-state index in [2.05, 4.69) is 15.2 Å². The Morgan fingerprint density at radius 1 is 1.19 bits per heavy atom. The van der Waals surface area contributed by atoms with Gasteiger partial charge in [-0.25, -0.2) is 4.98 Å². The van der Waals surface area contributed by atoms with Gasteiger partial charge in [-0.2, -0.15) is 0 Å². The van der Waals surface area contributed by atoms with Gasteiger partial charge in [0.25, 0.3) is 5.91 Å². The number of amides is 2. The number of pyridine rings is 1. The number of furan rings is 1. The van der Waals surface area contributed by atoms with Gasteiger partial charge in [-0.3, -0.25) is 9.59 Å². The molecule has 27 heavy (non-hydrogen) atoms. The summed E-state index contributed by atoms with van der Waals surface area (Å²) in [7, 11) is 0. The van der Waals surface area contributed by atoms with E-state index in [4.69, 9.17) is 4.42 Å². The quantitative estimate of drug-likeness (QED) is 0.875. The van der Waals surface area contributed by atoms with Gasteiger partial charge in [-0.15, -0.1) is 0 Å². The van der Waals surface area contributed by atoms with E-state index in [0.29, 0.717) is 19.5 Å². The first kappa shape index (κ1) is 17.6. The minimum atomic E-state index is -0.442. The van der Waals surface area contributed by atoms with Crippen LogP contribution in [0.4, 0.5) is 5.82 Å². The number of likely N-dealkylation sites (tertiary alicyclic amines) is 1. The van der Waals surface area contributed by atoms with E-state index in [-0.39, 0.29) is 17.6 Å². The molecule has 1 unspecified atom stereocenters. The molecule has 2 aliphatic heterocycles. The summed E-state index contributed by atoms with van der Waals surface area (Å²) in [6, 6.07) is 6.82. The molecule has 1 N–H and O–H groups in total. The highest BCUT2D eigenvalue weighted by atomic mass is 16.3. The minimum Gasteiger partial charge on any atom is -0.459 e. The van der Waals surface area contributed by atoms with Crippen molar-refractivity contribution in [3.05, 3.63) is 48.0 Å². The van der Waals surface area contributed by atoms with Gasteiger partial charge >= 0.3 is 0 Å². The number of hydrogen-bond acceptors (Lipinski definition) is 5. The van der Waals surface area contributed by atoms with Gasteiger partial charge < -0.3 is 19.5 Å². The number of anilines is 1. The van der Waals surface area contributed by atoms with E-state index < -0.39 is 6.04 Å². The Morgan fingerprint density at radius 3 is 2.81 bits per heavy atom. The molecule has 0 spiro atoms. The summed E-state index contributed by atoms with van der Waals surface area (Å²) in [5, 5.41) is 2.98. The Kier molecular flexibility index (Phi) is 5.09. The van der Waals surface area contributed by atoms with Crippen LogP contribution in [0.15, 0.2) is 41.1 Å². The standard InChI is InChI=1S/C20H24N4O3/c25-19(16-5-3-11-24(16)20(26)17-6-4-12-27-17)22-14-15-7-8-21-18(13-15)23-9-1-2-10-23/h4,6-8,12-13,16H,1-3,5,9-11,14H2,(H,22,25). The number of aromatic nitrogens is 1. The van der Waals surface area contributed by atoms with Crippen LogP contribution in [0.25, 0.3) is 0 Å². The number of carbonyl (C=O) groups excluding carboxylic acids is 2. The molecule has 4 rings (SSSR count). The van der Waals surface area contributed by atoms with Gasteiger partial charge in [0.05, 0.1) is 6.26 Å². The summed E-state index contributed by atoms with van der Waals surface area (Å²) in [5.74, 6) is 0.902. The molecule has 0 aromatic carbocycles. The van der Waals surface area contributed by atoms with E-state index in [0.717, 1.165) is 30.9 Å². The molecule has 0 bridgehead atoms. The average Bonchev–Trinajstić information content (AvgIpc) is 3.47. The third kappa shape index (κ3) is 3.82. The van der Waals surface area contributed by atoms with Crippen molar-refractivity contribution in [2.24, 2.45) is 0 Å². The van der Waals surface area contributed by atoms with Crippen molar-refractivity contribution in [1.82, 2.24) is 15.2 Å². The third-order valence-corrected chi connectivity index (χ3v) is 5.25. The fraction of sp³-hybridized carbons (Fsp3) is 0.450. The van der Waals surface area contributed by atoms with Crippen LogP contribution < -0.4 is 10.2 Å². The van der Waals surface area contributed by atoms with Crippen LogP contribution in [0.3, 0.4) is 0 Å². The molecule has 0 radical (unpaired) electrons. The van der Waals surface area contributed by atoms with Crippen molar-refractivity contribution >= 4 is 17.6 Å². The van der Waals surface area contributed by atoms with Gasteiger partial charge in [0, 0.05) is 32.4 Å². The maximum absolute atomic E-state index is 12.7. The SMILES string of the molecule is O=C(NCc1ccnc(N2CCCC2)c1)C1CCCN1C(=O)c1ccco1. The monoisotopic (exact) mass is 368 g/mol. The third-order valence-electron chi connectivity index (χ3n) is 5.25. The van der Waals surface area contributed by atoms with E-state index in [1.807, 2.05) is 12.1 Å². The smallest absolute Gasteiger partial charge is 0.290 e. The highest BCUT2D eigenvalue weighted by Crippen LogP contribution is 2.21. The maximum Gasteiger partial charge on any atom is 0.290 e. The van der Waals surface area contributed by atoms with E-state index in [1.165, 1.54) is 19.1 Å². The van der Waals surface area contributed by atoms with E-state index in [9.17, 15) is 9.59 Å². The lowest BCUT2D eigenvalue weighted by atomic mass is 10.2. The van der Waals surface area contributed by atoms with Crippen LogP contribution in [-0.2, 0) is 11.3 Å². The Labute approximate surface area is 158 Å². The van der Waals surface area contributed by atoms with Gasteiger partial charge in [-0.1, -0.05) is 0 Å². The lowest BCUT2D eigenvalue weighted by molar-refractivity contribution is -0.125. The first-order chi connectivity index (χ1) is 13.2. The molecular weight excluding hydrogens is 344 g/mol. The van der Waals surface area contributed by atoms with Crippen LogP contribution in [0.5, 0.6) is 0 Å². The second-order valence-corrected chi connectivity index (χ2v) is 7.07. The van der Waals surface area contributed by atoms with Crippen molar-refractivity contribution in [2.75, 3.05) is 24.5 Å². The Morgan fingerprint density at radius 2 is 2.04 bits per heavy atom. The summed E-state index contributed by atoms with van der Waals surface area (Å²) in [4.78, 5) is 33.5. The molecule has 0 aliphatic carbocycles. The molecule has 4 heterocycles. The van der Waals surface area contributed by atoms with Crippen molar-refractivity contribution in [2.45, 2.75) is 38.3 Å². The summed E-state index contributed by atoms with van der Waals surface area (Å²) in [6.45, 7) is 3.08. The molecule has 2 fully saturated rings. The van der Waals surface area contributed by atoms with Crippen LogP contribution >= 0.6 is 0 Å². The fourth-order valence-electron chi connectivity index (χ4n) is 3.82. The Balaban J connectivity index is 1.37. The number of rotatable bonds is 5. The average molecular weight is 368 g/mol. The second kappa shape index (κ2) is 7.82. The molecular formula is C20H24N4O3. The zero-order valence-electron chi connectivity index (χ0n) is 15.3. The van der Waals surface area contributed by atoms with Crippen molar-refractivity contribution in [3.63, 3.8) is 0 Å². The first-order valence-corrected chi connectivity index (χ1v) is 9.54. The molecule has 0 saturated carbocycles. The topological polar surface area (TPSA) is 78.7 Å². The molecule has 7 nitrogen and oxygen atoms in total. The van der Waals surface area contributed by atoms with Gasteiger partial charge in [0.2, 0.25) is 5.91 Å². The molecule has 2 amide bonds. The minimum absolute atomic E-state index is 0.119. The van der Waals surface area contributed by atoms with Crippen LogP contribution in [0.2, 0.25) is 0 Å². The molecule has 2 saturated heterocycles. The lowest BCUT2D eigenvalue weighted by Gasteiger charge is -2.23. The predicted molar refractivity (Wildman–Crippen MR) is 100 cm³/mol. The maximum atomic E-state index is 12.7. The molecule has 142 valence electrons. The zero-order chi connectivity index (χ0) is 18.6. The molecule has 2 aliphatic rings. The highest BCUT2D eigenvalue weighted by molar-refractivity contribution is 5.95. The zero-order valence-corrected chi connectivity index (χ0v) is 15.3. The highest BCUT2D eigenvalue weighted by Gasteiger charge is 2.35. The largest absolute Gasteiger partial charge is 0.459 e. The van der Waals surface area contributed by atoms with Crippen molar-refractivity contribution in [1.29, 1.82) is 0 Å². The normalized spacial score (nSPS) is 19.5. The summed E-state index contributed by atoms with van der Waals surface area (Å²) in [6.07, 6.45) is 7.15. The van der Waals surface area contributed by atoms with Gasteiger partial charge in [-0.05, 0) is 55.5 Å². The predicted octanol–water partition coefficient (Wildman–Crippen LogP) is 2.20. The Hall–Kier alpha value is -2.83. The summed E-state index contributed by atoms with van der Waals surface area (Å²) < 4.78 is 5.19. The number of nitrogens with one attached hydrogen (secondary N) is 1. The van der Waals surface area contributed by atoms with Crippen LogP contribution in [-0.4, -0.2) is 47.4 Å². The van der Waals surface area contributed by atoms with E-state index >= 15 is 0 Å². The summed E-state index contributed by atoms with van der Waals surface area (Å²) in [5.41, 5.74) is 1.02. The molecule has 1 atom stereocenters. The van der Waals surface area contributed by atoms with Crippen LogP contribution in [0, 0.1) is 0 Å². The number of nitrogens with zero attached hydrogens (tertiary/aromatic N) is 3. The number of carbonyl (C=O) groups is 2. The van der Waals surface area contributed by atoms with Crippen molar-refractivity contribution in [3.8, 4) is 0 Å². The van der Waals surface area contributed by atoms with E-state index in [1.54, 1.807) is 23.2 Å². The molecule has 7 heteroatoms. The molecule has 2 aromatic rings. The van der Waals surface area contributed by atoms with Gasteiger partial charge in [0.1, 0.15) is 11.9 Å².